The molecule has 0 bridgehead atoms. The van der Waals surface area contributed by atoms with E-state index in [9.17, 15) is 0 Å². The van der Waals surface area contributed by atoms with Crippen molar-refractivity contribution in [1.29, 1.82) is 0 Å². The first kappa shape index (κ1) is 12.6. The SMILES string of the molecule is C1=C[C+]2CCCCC2=C1CCC1C=CC2=C1CCCC2. The van der Waals surface area contributed by atoms with E-state index in [1.165, 1.54) is 64.2 Å². The second kappa shape index (κ2) is 5.31. The van der Waals surface area contributed by atoms with Crippen LogP contribution in [0, 0.1) is 11.8 Å². The summed E-state index contributed by atoms with van der Waals surface area (Å²) in [5, 5.41) is 0. The lowest BCUT2D eigenvalue weighted by Crippen LogP contribution is -2.06. The minimum Gasteiger partial charge on any atom is -0.0770 e. The van der Waals surface area contributed by atoms with Gasteiger partial charge in [0.25, 0.3) is 0 Å². The summed E-state index contributed by atoms with van der Waals surface area (Å²) in [4.78, 5) is 0. The third kappa shape index (κ3) is 2.20. The summed E-state index contributed by atoms with van der Waals surface area (Å²) < 4.78 is 0. The quantitative estimate of drug-likeness (QED) is 0.562. The Morgan fingerprint density at radius 3 is 2.90 bits per heavy atom. The first-order valence-corrected chi connectivity index (χ1v) is 8.58. The summed E-state index contributed by atoms with van der Waals surface area (Å²) in [5.41, 5.74) is 6.86. The molecule has 4 aliphatic rings. The summed E-state index contributed by atoms with van der Waals surface area (Å²) >= 11 is 0. The van der Waals surface area contributed by atoms with Crippen molar-refractivity contribution in [3.05, 3.63) is 52.5 Å². The zero-order chi connectivity index (χ0) is 13.4. The zero-order valence-electron chi connectivity index (χ0n) is 12.5. The van der Waals surface area contributed by atoms with E-state index in [0.29, 0.717) is 0 Å². The van der Waals surface area contributed by atoms with Gasteiger partial charge in [-0.1, -0.05) is 17.7 Å². The van der Waals surface area contributed by atoms with E-state index in [0.717, 1.165) is 5.92 Å². The van der Waals surface area contributed by atoms with Crippen LogP contribution in [0.2, 0.25) is 0 Å². The van der Waals surface area contributed by atoms with Gasteiger partial charge in [-0.3, -0.25) is 0 Å². The van der Waals surface area contributed by atoms with Crippen LogP contribution in [0.5, 0.6) is 0 Å². The Labute approximate surface area is 123 Å². The Hall–Kier alpha value is -1.17. The van der Waals surface area contributed by atoms with Crippen molar-refractivity contribution in [3.8, 4) is 0 Å². The highest BCUT2D eigenvalue weighted by Crippen LogP contribution is 2.43. The maximum absolute atomic E-state index is 2.49. The van der Waals surface area contributed by atoms with Crippen LogP contribution < -0.4 is 0 Å². The molecule has 0 aromatic rings. The van der Waals surface area contributed by atoms with Gasteiger partial charge < -0.3 is 0 Å². The molecular weight excluding hydrogens is 240 g/mol. The van der Waals surface area contributed by atoms with Crippen LogP contribution in [-0.2, 0) is 0 Å². The molecule has 0 spiro atoms. The zero-order valence-corrected chi connectivity index (χ0v) is 12.5. The van der Waals surface area contributed by atoms with E-state index in [4.69, 9.17) is 0 Å². The van der Waals surface area contributed by atoms with E-state index in [-0.39, 0.29) is 0 Å². The number of hydrogen-bond acceptors (Lipinski definition) is 0. The van der Waals surface area contributed by atoms with Gasteiger partial charge >= 0.3 is 0 Å². The van der Waals surface area contributed by atoms with Gasteiger partial charge in [0.05, 0.1) is 29.2 Å². The van der Waals surface area contributed by atoms with Crippen LogP contribution in [0.15, 0.2) is 46.6 Å². The molecule has 0 N–H and O–H groups in total. The smallest absolute Gasteiger partial charge is 0.0770 e. The summed E-state index contributed by atoms with van der Waals surface area (Å²) in [5.74, 6) is 2.42. The molecule has 0 radical (unpaired) electrons. The van der Waals surface area contributed by atoms with E-state index in [2.05, 4.69) is 24.3 Å². The topological polar surface area (TPSA) is 0 Å². The van der Waals surface area contributed by atoms with Crippen LogP contribution in [0.25, 0.3) is 0 Å². The molecule has 0 saturated heterocycles. The Morgan fingerprint density at radius 2 is 1.90 bits per heavy atom. The van der Waals surface area contributed by atoms with E-state index >= 15 is 0 Å². The average molecular weight is 265 g/mol. The monoisotopic (exact) mass is 265 g/mol. The molecule has 0 heterocycles. The molecule has 20 heavy (non-hydrogen) atoms. The van der Waals surface area contributed by atoms with Gasteiger partial charge in [-0.15, -0.1) is 0 Å². The molecule has 0 nitrogen and oxygen atoms in total. The Bertz CT molecular complexity index is 512. The molecular formula is C20H25+. The van der Waals surface area contributed by atoms with Crippen molar-refractivity contribution in [2.45, 2.75) is 64.2 Å². The van der Waals surface area contributed by atoms with Gasteiger partial charge in [0.2, 0.25) is 0 Å². The molecule has 0 aliphatic heterocycles. The second-order valence-electron chi connectivity index (χ2n) is 6.83. The Morgan fingerprint density at radius 1 is 1.00 bits per heavy atom. The molecule has 1 fully saturated rings. The standard InChI is InChI=1S/C20H25/c1-3-7-19-15(5-1)9-11-17(19)13-14-18-12-10-16-6-2-4-8-20(16)18/h9-12,17H,1-8,13-14H2/q+1. The van der Waals surface area contributed by atoms with Crippen LogP contribution >= 0.6 is 0 Å². The molecule has 0 aromatic carbocycles. The van der Waals surface area contributed by atoms with Crippen LogP contribution in [0.4, 0.5) is 0 Å². The lowest BCUT2D eigenvalue weighted by Gasteiger charge is -2.19. The predicted octanol–water partition coefficient (Wildman–Crippen LogP) is 5.84. The predicted molar refractivity (Wildman–Crippen MR) is 85.2 cm³/mol. The van der Waals surface area contributed by atoms with Gasteiger partial charge in [0, 0.05) is 18.8 Å². The largest absolute Gasteiger partial charge is 0.0966 e. The summed E-state index contributed by atoms with van der Waals surface area (Å²) in [6, 6.07) is 0. The maximum Gasteiger partial charge on any atom is 0.0966 e. The third-order valence-corrected chi connectivity index (χ3v) is 5.64. The van der Waals surface area contributed by atoms with Crippen molar-refractivity contribution < 1.29 is 0 Å². The summed E-state index contributed by atoms with van der Waals surface area (Å²) in [6.45, 7) is 0. The van der Waals surface area contributed by atoms with E-state index < -0.39 is 0 Å². The molecule has 0 heteroatoms. The highest BCUT2D eigenvalue weighted by molar-refractivity contribution is 5.50. The van der Waals surface area contributed by atoms with Gasteiger partial charge in [-0.2, -0.15) is 0 Å². The lowest BCUT2D eigenvalue weighted by atomic mass is 9.83. The fraction of sp³-hybridized carbons (Fsp3) is 0.550. The normalized spacial score (nSPS) is 28.4. The highest BCUT2D eigenvalue weighted by atomic mass is 14.3. The lowest BCUT2D eigenvalue weighted by molar-refractivity contribution is 0.591. The highest BCUT2D eigenvalue weighted by Gasteiger charge is 2.32. The van der Waals surface area contributed by atoms with Crippen molar-refractivity contribution >= 4 is 0 Å². The minimum atomic E-state index is 0.763. The molecule has 104 valence electrons. The Balaban J connectivity index is 1.43. The second-order valence-corrected chi connectivity index (χ2v) is 6.83. The fourth-order valence-electron chi connectivity index (χ4n) is 4.51. The molecule has 0 aromatic heterocycles. The van der Waals surface area contributed by atoms with Crippen molar-refractivity contribution in [3.63, 3.8) is 0 Å². The van der Waals surface area contributed by atoms with Crippen molar-refractivity contribution in [1.82, 2.24) is 0 Å². The molecule has 4 rings (SSSR count). The van der Waals surface area contributed by atoms with Crippen LogP contribution in [0.1, 0.15) is 64.2 Å². The fourth-order valence-corrected chi connectivity index (χ4v) is 4.51. The molecule has 0 amide bonds. The number of rotatable bonds is 3. The maximum atomic E-state index is 2.49. The first-order chi connectivity index (χ1) is 9.92. The summed E-state index contributed by atoms with van der Waals surface area (Å²) in [6.07, 6.45) is 23.4. The van der Waals surface area contributed by atoms with Crippen LogP contribution in [0.3, 0.4) is 0 Å². The van der Waals surface area contributed by atoms with Gasteiger partial charge in [0.1, 0.15) is 0 Å². The number of hydrogen-bond donors (Lipinski definition) is 0. The Kier molecular flexibility index (Phi) is 3.34. The van der Waals surface area contributed by atoms with Gasteiger partial charge in [0.15, 0.2) is 0 Å². The van der Waals surface area contributed by atoms with Crippen molar-refractivity contribution in [2.75, 3.05) is 0 Å². The van der Waals surface area contributed by atoms with Crippen LogP contribution in [-0.4, -0.2) is 0 Å². The van der Waals surface area contributed by atoms with E-state index in [1.807, 2.05) is 0 Å². The van der Waals surface area contributed by atoms with Gasteiger partial charge in [-0.25, -0.2) is 0 Å². The molecule has 1 atom stereocenters. The minimum absolute atomic E-state index is 0.763. The van der Waals surface area contributed by atoms with Gasteiger partial charge in [-0.05, 0) is 56.9 Å². The number of allylic oxidation sites excluding steroid dienone is 8. The molecule has 4 aliphatic carbocycles. The first-order valence-electron chi connectivity index (χ1n) is 8.58. The van der Waals surface area contributed by atoms with E-state index in [1.54, 1.807) is 28.2 Å². The average Bonchev–Trinajstić information content (AvgIpc) is 3.09. The third-order valence-electron chi connectivity index (χ3n) is 5.64. The summed E-state index contributed by atoms with van der Waals surface area (Å²) in [7, 11) is 0. The molecule has 1 unspecified atom stereocenters. The number of fused-ring (bicyclic) bond motifs is 1. The van der Waals surface area contributed by atoms with Crippen molar-refractivity contribution in [2.24, 2.45) is 5.92 Å². The molecule has 1 saturated carbocycles.